The normalized spacial score (nSPS) is 11.7. The molecule has 9 nitrogen and oxygen atoms in total. The minimum Gasteiger partial charge on any atom is -0.870 e. The fourth-order valence-corrected chi connectivity index (χ4v) is 5.59. The number of aromatic amines is 2. The fraction of sp³-hybridized carbons (Fsp3) is 0. The molecule has 0 amide bonds. The summed E-state index contributed by atoms with van der Waals surface area (Å²) >= 11 is 0. The number of hydrogen-bond acceptors (Lipinski definition) is 7. The molecule has 0 spiro atoms. The highest BCUT2D eigenvalue weighted by molar-refractivity contribution is 6.06. The third kappa shape index (κ3) is 3.39. The third-order valence-corrected chi connectivity index (χ3v) is 7.46. The molecule has 0 saturated carbocycles. The van der Waals surface area contributed by atoms with E-state index in [4.69, 9.17) is 29.9 Å². The van der Waals surface area contributed by atoms with Gasteiger partial charge in [-0.3, -0.25) is 0 Å². The van der Waals surface area contributed by atoms with Gasteiger partial charge >= 0.3 is 0 Å². The Morgan fingerprint density at radius 1 is 0.317 bits per heavy atom. The number of fused-ring (bicyclic) bond motifs is 20. The van der Waals surface area contributed by atoms with Gasteiger partial charge in [0.15, 0.2) is 23.3 Å². The summed E-state index contributed by atoms with van der Waals surface area (Å²) in [5.41, 5.74) is 6.45. The van der Waals surface area contributed by atoms with Gasteiger partial charge < -0.3 is 15.4 Å². The summed E-state index contributed by atoms with van der Waals surface area (Å²) < 4.78 is 0. The lowest BCUT2D eigenvalue weighted by atomic mass is 10.1. The van der Waals surface area contributed by atoms with Gasteiger partial charge in [-0.2, -0.15) is 0 Å². The van der Waals surface area contributed by atoms with Crippen LogP contribution in [0.5, 0.6) is 0 Å². The van der Waals surface area contributed by atoms with E-state index < -0.39 is 0 Å². The Balaban J connectivity index is 0.00000256. The highest BCUT2D eigenvalue weighted by Crippen LogP contribution is 2.36. The van der Waals surface area contributed by atoms with Gasteiger partial charge in [-0.15, -0.1) is 0 Å². The van der Waals surface area contributed by atoms with Crippen LogP contribution in [0.3, 0.4) is 0 Å². The largest absolute Gasteiger partial charge is 0.870 e. The molecule has 7 aromatic rings. The van der Waals surface area contributed by atoms with E-state index in [9.17, 15) is 0 Å². The van der Waals surface area contributed by atoms with Crippen molar-refractivity contribution in [1.82, 2.24) is 39.9 Å². The Labute approximate surface area is 232 Å². The van der Waals surface area contributed by atoms with E-state index in [0.29, 0.717) is 45.9 Å². The van der Waals surface area contributed by atoms with Gasteiger partial charge in [-0.1, -0.05) is 97.1 Å². The Morgan fingerprint density at radius 2 is 0.561 bits per heavy atom. The van der Waals surface area contributed by atoms with Crippen LogP contribution in [0.4, 0.5) is 0 Å². The maximum Gasteiger partial charge on any atom is 0.164 e. The molecule has 0 fully saturated rings. The van der Waals surface area contributed by atoms with E-state index in [1.165, 1.54) is 0 Å². The second-order valence-electron chi connectivity index (χ2n) is 9.79. The van der Waals surface area contributed by atoms with Crippen LogP contribution in [0.1, 0.15) is 0 Å². The molecular formula is C32H19N8O-. The van der Waals surface area contributed by atoms with Crippen LogP contribution in [0.15, 0.2) is 97.1 Å². The maximum atomic E-state index is 5.02. The van der Waals surface area contributed by atoms with Crippen molar-refractivity contribution >= 4 is 44.1 Å². The van der Waals surface area contributed by atoms with Gasteiger partial charge in [-0.05, 0) is 0 Å². The Morgan fingerprint density at radius 3 is 0.829 bits per heavy atom. The van der Waals surface area contributed by atoms with E-state index in [1.807, 2.05) is 97.1 Å². The molecule has 4 aromatic carbocycles. The summed E-state index contributed by atoms with van der Waals surface area (Å²) in [5, 5.41) is 3.82. The number of aromatic nitrogens is 8. The van der Waals surface area contributed by atoms with Crippen LogP contribution in [0.25, 0.3) is 89.7 Å². The van der Waals surface area contributed by atoms with Crippen LogP contribution in [0.2, 0.25) is 0 Å². The van der Waals surface area contributed by atoms with E-state index in [-0.39, 0.29) is 5.48 Å². The molecule has 3 aromatic heterocycles. The van der Waals surface area contributed by atoms with Crippen LogP contribution in [-0.2, 0) is 0 Å². The van der Waals surface area contributed by atoms with Gasteiger partial charge in [-0.25, -0.2) is 29.9 Å². The Bertz CT molecular complexity index is 2030. The van der Waals surface area contributed by atoms with Crippen molar-refractivity contribution < 1.29 is 5.48 Å². The van der Waals surface area contributed by atoms with Crippen molar-refractivity contribution in [2.24, 2.45) is 0 Å². The van der Waals surface area contributed by atoms with E-state index in [1.54, 1.807) is 0 Å². The van der Waals surface area contributed by atoms with Gasteiger partial charge in [0.2, 0.25) is 0 Å². The lowest BCUT2D eigenvalue weighted by molar-refractivity contribution is 0.824. The van der Waals surface area contributed by atoms with Crippen molar-refractivity contribution in [2.45, 2.75) is 0 Å². The van der Waals surface area contributed by atoms with Crippen LogP contribution in [0, 0.1) is 0 Å². The maximum absolute atomic E-state index is 5.02. The van der Waals surface area contributed by atoms with Crippen molar-refractivity contribution in [3.63, 3.8) is 0 Å². The summed E-state index contributed by atoms with van der Waals surface area (Å²) in [6.07, 6.45) is 0. The van der Waals surface area contributed by atoms with E-state index in [2.05, 4.69) is 9.97 Å². The SMILES string of the molecule is [OH-].c1ccc2c(c1)-c1nc-2nc2[nH]c(nc3nc(nc4[nH]c(n1)c1ccccc41)-c1ccccc1-3)c1ccccc21. The van der Waals surface area contributed by atoms with Crippen molar-refractivity contribution in [1.29, 1.82) is 0 Å². The zero-order chi connectivity index (χ0) is 26.2. The number of hydrogen-bond donors (Lipinski definition) is 2. The summed E-state index contributed by atoms with van der Waals surface area (Å²) in [4.78, 5) is 36.8. The highest BCUT2D eigenvalue weighted by atomic mass is 16.0. The molecule has 194 valence electrons. The standard InChI is InChI=1S/C32H18N8.H2O/c1-2-10-18-17(9-1)25-33-26(18)38-28-21-13-5-6-14-22(21)30(35-28)40-32-24-16-8-7-15-23(24)31(36-32)39-29-20-12-4-3-11-19(20)27(34-29)37-25;/h1-16H,(H2,33,34,35,36,37,38,39,40);1H2/p-1. The minimum atomic E-state index is 0. The van der Waals surface area contributed by atoms with Crippen LogP contribution >= 0.6 is 0 Å². The predicted molar refractivity (Wildman–Crippen MR) is 158 cm³/mol. The molecule has 41 heavy (non-hydrogen) atoms. The smallest absolute Gasteiger partial charge is 0.164 e. The molecule has 9 rings (SSSR count). The molecule has 0 saturated heterocycles. The molecule has 0 radical (unpaired) electrons. The summed E-state index contributed by atoms with van der Waals surface area (Å²) in [5.74, 6) is 2.39. The van der Waals surface area contributed by atoms with Gasteiger partial charge in [0.1, 0.15) is 22.6 Å². The quantitative estimate of drug-likeness (QED) is 0.222. The molecule has 0 atom stereocenters. The highest BCUT2D eigenvalue weighted by Gasteiger charge is 2.21. The van der Waals surface area contributed by atoms with Crippen LogP contribution < -0.4 is 0 Å². The monoisotopic (exact) mass is 531 g/mol. The first-order valence-electron chi connectivity index (χ1n) is 13.0. The number of nitrogens with one attached hydrogen (secondary N) is 2. The number of rotatable bonds is 0. The lowest BCUT2D eigenvalue weighted by Crippen LogP contribution is -1.82. The van der Waals surface area contributed by atoms with Gasteiger partial charge in [0.25, 0.3) is 0 Å². The Hall–Kier alpha value is -5.80. The first-order valence-corrected chi connectivity index (χ1v) is 13.0. The average molecular weight is 532 g/mol. The summed E-state index contributed by atoms with van der Waals surface area (Å²) in [6.45, 7) is 0. The second-order valence-corrected chi connectivity index (χ2v) is 9.79. The number of benzene rings is 4. The molecule has 9 heteroatoms. The molecule has 2 aliphatic heterocycles. The molecule has 0 aliphatic carbocycles. The lowest BCUT2D eigenvalue weighted by Gasteiger charge is -1.96. The first kappa shape index (κ1) is 23.1. The Kier molecular flexibility index (Phi) is 4.85. The van der Waals surface area contributed by atoms with Crippen molar-refractivity contribution in [2.75, 3.05) is 0 Å². The van der Waals surface area contributed by atoms with Crippen LogP contribution in [-0.4, -0.2) is 45.3 Å². The zero-order valence-corrected chi connectivity index (χ0v) is 21.4. The molecule has 3 N–H and O–H groups in total. The average Bonchev–Trinajstić information content (AvgIpc) is 3.73. The molecule has 2 aliphatic rings. The topological polar surface area (TPSA) is 139 Å². The first-order chi connectivity index (χ1) is 19.8. The molecular weight excluding hydrogens is 512 g/mol. The summed E-state index contributed by atoms with van der Waals surface area (Å²) in [7, 11) is 0. The second kappa shape index (κ2) is 8.60. The fourth-order valence-electron chi connectivity index (χ4n) is 5.59. The minimum absolute atomic E-state index is 0. The number of H-pyrrole nitrogens is 2. The number of nitrogens with zero attached hydrogens (tertiary/aromatic N) is 6. The van der Waals surface area contributed by atoms with E-state index in [0.717, 1.165) is 43.8 Å². The zero-order valence-electron chi connectivity index (χ0n) is 21.4. The predicted octanol–water partition coefficient (Wildman–Crippen LogP) is 6.69. The van der Waals surface area contributed by atoms with Crippen molar-refractivity contribution in [3.8, 4) is 45.6 Å². The van der Waals surface area contributed by atoms with Gasteiger partial charge in [0.05, 0.1) is 0 Å². The van der Waals surface area contributed by atoms with Crippen molar-refractivity contribution in [3.05, 3.63) is 97.1 Å². The molecule has 8 bridgehead atoms. The molecule has 5 heterocycles. The van der Waals surface area contributed by atoms with Gasteiger partial charge in [0, 0.05) is 43.8 Å². The molecule has 0 unspecified atom stereocenters. The van der Waals surface area contributed by atoms with E-state index >= 15 is 0 Å². The third-order valence-electron chi connectivity index (χ3n) is 7.46. The summed E-state index contributed by atoms with van der Waals surface area (Å²) in [6, 6.07) is 32.2.